The predicted octanol–water partition coefficient (Wildman–Crippen LogP) is 1.68. The summed E-state index contributed by atoms with van der Waals surface area (Å²) in [5.74, 6) is -0.378. The molecule has 0 bridgehead atoms. The van der Waals surface area contributed by atoms with Gasteiger partial charge in [0.2, 0.25) is 5.91 Å². The summed E-state index contributed by atoms with van der Waals surface area (Å²) in [5, 5.41) is -1.30. The second kappa shape index (κ2) is 6.85. The van der Waals surface area contributed by atoms with Crippen LogP contribution in [0.4, 0.5) is 8.68 Å². The first-order chi connectivity index (χ1) is 11.0. The molecule has 0 radical (unpaired) electrons. The Hall–Kier alpha value is -1.38. The molecule has 0 saturated carbocycles. The highest BCUT2D eigenvalue weighted by Crippen LogP contribution is 2.26. The van der Waals surface area contributed by atoms with Crippen LogP contribution in [0.15, 0.2) is 0 Å². The zero-order chi connectivity index (χ0) is 18.1. The molecule has 2 amide bonds. The smallest absolute Gasteiger partial charge is 0.410 e. The fourth-order valence-electron chi connectivity index (χ4n) is 3.11. The molecule has 2 atom stereocenters. The number of rotatable bonds is 2. The van der Waals surface area contributed by atoms with Crippen LogP contribution in [0.25, 0.3) is 0 Å². The van der Waals surface area contributed by atoms with Crippen molar-refractivity contribution in [2.75, 3.05) is 19.6 Å². The van der Waals surface area contributed by atoms with E-state index in [2.05, 4.69) is 0 Å². The van der Waals surface area contributed by atoms with Gasteiger partial charge >= 0.3 is 16.3 Å². The maximum atomic E-state index is 13.2. The van der Waals surface area contributed by atoms with Crippen molar-refractivity contribution in [1.82, 2.24) is 9.80 Å². The molecule has 2 aliphatic heterocycles. The summed E-state index contributed by atoms with van der Waals surface area (Å²) < 4.78 is 40.7. The van der Waals surface area contributed by atoms with Crippen LogP contribution in [0.2, 0.25) is 0 Å². The lowest BCUT2D eigenvalue weighted by Crippen LogP contribution is -2.47. The first kappa shape index (κ1) is 19.0. The van der Waals surface area contributed by atoms with Gasteiger partial charge in [-0.1, -0.05) is 0 Å². The largest absolute Gasteiger partial charge is 0.444 e. The number of halogens is 1. The van der Waals surface area contributed by atoms with Gasteiger partial charge in [-0.15, -0.1) is 3.89 Å². The average molecular weight is 364 g/mol. The predicted molar refractivity (Wildman–Crippen MR) is 85.6 cm³/mol. The second-order valence-electron chi connectivity index (χ2n) is 7.42. The molecule has 2 heterocycles. The summed E-state index contributed by atoms with van der Waals surface area (Å²) in [7, 11) is -4.74. The SMILES string of the molecule is CC(C)(C)OC(=O)N1CCCCC(N2CC(S(=O)(=O)F)CC2=O)C1. The van der Waals surface area contributed by atoms with Gasteiger partial charge in [0.25, 0.3) is 0 Å². The first-order valence-electron chi connectivity index (χ1n) is 8.18. The van der Waals surface area contributed by atoms with E-state index in [4.69, 9.17) is 4.74 Å². The molecule has 0 aromatic carbocycles. The van der Waals surface area contributed by atoms with Gasteiger partial charge in [-0.25, -0.2) is 4.79 Å². The number of nitrogens with zero attached hydrogens (tertiary/aromatic N) is 2. The number of hydrogen-bond acceptors (Lipinski definition) is 5. The maximum absolute atomic E-state index is 13.2. The fraction of sp³-hybridized carbons (Fsp3) is 0.867. The number of ether oxygens (including phenoxy) is 1. The Balaban J connectivity index is 2.07. The second-order valence-corrected chi connectivity index (χ2v) is 9.04. The monoisotopic (exact) mass is 364 g/mol. The lowest BCUT2D eigenvalue weighted by atomic mass is 10.1. The van der Waals surface area contributed by atoms with Crippen molar-refractivity contribution < 1.29 is 26.6 Å². The minimum atomic E-state index is -4.74. The van der Waals surface area contributed by atoms with E-state index in [1.54, 1.807) is 25.7 Å². The van der Waals surface area contributed by atoms with Gasteiger partial charge in [-0.2, -0.15) is 8.42 Å². The first-order valence-corrected chi connectivity index (χ1v) is 9.63. The molecule has 0 N–H and O–H groups in total. The minimum Gasteiger partial charge on any atom is -0.444 e. The van der Waals surface area contributed by atoms with Crippen LogP contribution in [0.1, 0.15) is 46.5 Å². The third-order valence-electron chi connectivity index (χ3n) is 4.26. The summed E-state index contributed by atoms with van der Waals surface area (Å²) in [6.45, 7) is 5.99. The molecule has 2 rings (SSSR count). The number of carbonyl (C=O) groups is 2. The van der Waals surface area contributed by atoms with Crippen molar-refractivity contribution in [3.8, 4) is 0 Å². The Morgan fingerprint density at radius 2 is 1.92 bits per heavy atom. The van der Waals surface area contributed by atoms with Crippen LogP contribution in [0.5, 0.6) is 0 Å². The molecule has 0 aromatic rings. The third kappa shape index (κ3) is 4.81. The Kier molecular flexibility index (Phi) is 5.41. The van der Waals surface area contributed by atoms with Crippen LogP contribution in [0, 0.1) is 0 Å². The van der Waals surface area contributed by atoms with Gasteiger partial charge in [0.15, 0.2) is 0 Å². The molecule has 138 valence electrons. The number of likely N-dealkylation sites (tertiary alicyclic amines) is 2. The van der Waals surface area contributed by atoms with Crippen molar-refractivity contribution in [2.45, 2.75) is 63.3 Å². The summed E-state index contributed by atoms with van der Waals surface area (Å²) in [4.78, 5) is 27.3. The van der Waals surface area contributed by atoms with Gasteiger partial charge in [0.05, 0.1) is 0 Å². The molecule has 2 fully saturated rings. The maximum Gasteiger partial charge on any atom is 0.410 e. The quantitative estimate of drug-likeness (QED) is 0.696. The van der Waals surface area contributed by atoms with E-state index in [9.17, 15) is 21.9 Å². The summed E-state index contributed by atoms with van der Waals surface area (Å²) in [5.41, 5.74) is -0.615. The fourth-order valence-corrected chi connectivity index (χ4v) is 3.79. The lowest BCUT2D eigenvalue weighted by Gasteiger charge is -2.32. The lowest BCUT2D eigenvalue weighted by molar-refractivity contribution is -0.130. The van der Waals surface area contributed by atoms with E-state index in [0.29, 0.717) is 13.0 Å². The zero-order valence-corrected chi connectivity index (χ0v) is 15.1. The highest BCUT2D eigenvalue weighted by Gasteiger charge is 2.42. The number of hydrogen-bond donors (Lipinski definition) is 0. The standard InChI is InChI=1S/C15H25FN2O5S/c1-15(2,3)23-14(20)17-7-5-4-6-11(9-17)18-10-12(8-13(18)19)24(16,21)22/h11-12H,4-10H2,1-3H3. The van der Waals surface area contributed by atoms with E-state index < -0.39 is 27.2 Å². The van der Waals surface area contributed by atoms with E-state index in [1.807, 2.05) is 0 Å². The summed E-state index contributed by atoms with van der Waals surface area (Å²) >= 11 is 0. The Labute approximate surface area is 142 Å². The van der Waals surface area contributed by atoms with Crippen LogP contribution in [-0.4, -0.2) is 66.7 Å². The van der Waals surface area contributed by atoms with Crippen molar-refractivity contribution in [3.63, 3.8) is 0 Å². The molecule has 2 saturated heterocycles. The van der Waals surface area contributed by atoms with E-state index in [0.717, 1.165) is 12.8 Å². The highest BCUT2D eigenvalue weighted by atomic mass is 32.3. The van der Waals surface area contributed by atoms with E-state index in [1.165, 1.54) is 4.90 Å². The van der Waals surface area contributed by atoms with Crippen LogP contribution >= 0.6 is 0 Å². The number of carbonyl (C=O) groups excluding carboxylic acids is 2. The number of amides is 2. The van der Waals surface area contributed by atoms with Crippen LogP contribution in [0.3, 0.4) is 0 Å². The van der Waals surface area contributed by atoms with Gasteiger partial charge in [-0.05, 0) is 40.0 Å². The van der Waals surface area contributed by atoms with Crippen LogP contribution in [-0.2, 0) is 19.8 Å². The molecule has 0 aromatic heterocycles. The van der Waals surface area contributed by atoms with Crippen LogP contribution < -0.4 is 0 Å². The zero-order valence-electron chi connectivity index (χ0n) is 14.3. The summed E-state index contributed by atoms with van der Waals surface area (Å²) in [6.07, 6.45) is 1.46. The van der Waals surface area contributed by atoms with Crippen molar-refractivity contribution in [1.29, 1.82) is 0 Å². The average Bonchev–Trinajstić information content (AvgIpc) is 2.67. The van der Waals surface area contributed by atoms with Gasteiger partial charge in [-0.3, -0.25) is 4.79 Å². The molecule has 7 nitrogen and oxygen atoms in total. The van der Waals surface area contributed by atoms with Crippen molar-refractivity contribution in [2.24, 2.45) is 0 Å². The molecule has 0 spiro atoms. The Bertz CT molecular complexity index is 601. The Morgan fingerprint density at radius 1 is 1.25 bits per heavy atom. The molecule has 2 aliphatic rings. The minimum absolute atomic E-state index is 0.148. The van der Waals surface area contributed by atoms with Gasteiger partial charge in [0.1, 0.15) is 10.9 Å². The van der Waals surface area contributed by atoms with Gasteiger partial charge < -0.3 is 14.5 Å². The molecule has 24 heavy (non-hydrogen) atoms. The van der Waals surface area contributed by atoms with E-state index in [-0.39, 0.29) is 31.5 Å². The molecular weight excluding hydrogens is 339 g/mol. The molecular formula is C15H25FN2O5S. The summed E-state index contributed by atoms with van der Waals surface area (Å²) in [6, 6.07) is -0.306. The normalized spacial score (nSPS) is 26.4. The van der Waals surface area contributed by atoms with Crippen molar-refractivity contribution in [3.05, 3.63) is 0 Å². The topological polar surface area (TPSA) is 84.0 Å². The Morgan fingerprint density at radius 3 is 2.46 bits per heavy atom. The van der Waals surface area contributed by atoms with E-state index >= 15 is 0 Å². The third-order valence-corrected chi connectivity index (χ3v) is 5.37. The van der Waals surface area contributed by atoms with Crippen molar-refractivity contribution >= 4 is 22.2 Å². The highest BCUT2D eigenvalue weighted by molar-refractivity contribution is 7.87. The van der Waals surface area contributed by atoms with Gasteiger partial charge in [0, 0.05) is 32.1 Å². The molecule has 2 unspecified atom stereocenters. The molecule has 0 aliphatic carbocycles. The molecule has 9 heteroatoms.